The predicted molar refractivity (Wildman–Crippen MR) is 88.8 cm³/mol. The van der Waals surface area contributed by atoms with Crippen LogP contribution in [0.15, 0.2) is 24.3 Å². The minimum absolute atomic E-state index is 0.438. The van der Waals surface area contributed by atoms with E-state index >= 15 is 0 Å². The van der Waals surface area contributed by atoms with Crippen molar-refractivity contribution in [3.63, 3.8) is 0 Å². The standard InChI is InChI=1S/C18H31NO2/c1-5-8-13-19(15(4)6-2)14-18(20)16-9-11-17(12-10-16)21-7-3/h9-12,15,18,20H,5-8,13-14H2,1-4H3. The molecule has 0 aliphatic heterocycles. The number of unbranched alkanes of at least 4 members (excludes halogenated alkanes) is 1. The minimum Gasteiger partial charge on any atom is -0.494 e. The van der Waals surface area contributed by atoms with Crippen LogP contribution in [0.5, 0.6) is 5.75 Å². The summed E-state index contributed by atoms with van der Waals surface area (Å²) in [5.74, 6) is 0.859. The zero-order chi connectivity index (χ0) is 15.7. The van der Waals surface area contributed by atoms with Gasteiger partial charge in [-0.3, -0.25) is 4.90 Å². The van der Waals surface area contributed by atoms with Gasteiger partial charge in [-0.05, 0) is 50.9 Å². The number of hydrogen-bond acceptors (Lipinski definition) is 3. The lowest BCUT2D eigenvalue weighted by atomic mass is 10.1. The second-order valence-electron chi connectivity index (χ2n) is 5.62. The summed E-state index contributed by atoms with van der Waals surface area (Å²) >= 11 is 0. The van der Waals surface area contributed by atoms with Crippen molar-refractivity contribution in [3.8, 4) is 5.75 Å². The molecule has 0 saturated carbocycles. The molecule has 1 aromatic carbocycles. The summed E-state index contributed by atoms with van der Waals surface area (Å²) in [6.45, 7) is 11.0. The lowest BCUT2D eigenvalue weighted by Crippen LogP contribution is -2.36. The number of ether oxygens (including phenoxy) is 1. The van der Waals surface area contributed by atoms with Crippen LogP contribution in [-0.4, -0.2) is 35.7 Å². The van der Waals surface area contributed by atoms with Crippen LogP contribution < -0.4 is 4.74 Å². The molecule has 0 fully saturated rings. The van der Waals surface area contributed by atoms with Crippen molar-refractivity contribution in [2.75, 3.05) is 19.7 Å². The highest BCUT2D eigenvalue weighted by Crippen LogP contribution is 2.20. The highest BCUT2D eigenvalue weighted by Gasteiger charge is 2.17. The molecule has 0 radical (unpaired) electrons. The first kappa shape index (κ1) is 18.0. The van der Waals surface area contributed by atoms with Crippen molar-refractivity contribution in [1.29, 1.82) is 0 Å². The molecular weight excluding hydrogens is 262 g/mol. The third-order valence-electron chi connectivity index (χ3n) is 4.00. The predicted octanol–water partition coefficient (Wildman–Crippen LogP) is 4.02. The summed E-state index contributed by atoms with van der Waals surface area (Å²) in [6, 6.07) is 8.30. The fourth-order valence-electron chi connectivity index (χ4n) is 2.39. The topological polar surface area (TPSA) is 32.7 Å². The first-order valence-corrected chi connectivity index (χ1v) is 8.27. The third-order valence-corrected chi connectivity index (χ3v) is 4.00. The molecule has 3 heteroatoms. The summed E-state index contributed by atoms with van der Waals surface area (Å²) in [4.78, 5) is 2.39. The fraction of sp³-hybridized carbons (Fsp3) is 0.667. The van der Waals surface area contributed by atoms with Gasteiger partial charge in [0.25, 0.3) is 0 Å². The highest BCUT2D eigenvalue weighted by atomic mass is 16.5. The second-order valence-corrected chi connectivity index (χ2v) is 5.62. The van der Waals surface area contributed by atoms with Gasteiger partial charge in [0.05, 0.1) is 12.7 Å². The zero-order valence-corrected chi connectivity index (χ0v) is 14.0. The maximum absolute atomic E-state index is 10.5. The first-order chi connectivity index (χ1) is 10.1. The molecule has 0 aliphatic rings. The number of nitrogens with zero attached hydrogens (tertiary/aromatic N) is 1. The number of rotatable bonds is 10. The fourth-order valence-corrected chi connectivity index (χ4v) is 2.39. The Kier molecular flexibility index (Phi) is 8.40. The van der Waals surface area contributed by atoms with Crippen LogP contribution >= 0.6 is 0 Å². The van der Waals surface area contributed by atoms with E-state index in [1.165, 1.54) is 12.8 Å². The summed E-state index contributed by atoms with van der Waals surface area (Å²) in [6.07, 6.45) is 3.04. The van der Waals surface area contributed by atoms with E-state index in [0.29, 0.717) is 19.2 Å². The largest absolute Gasteiger partial charge is 0.494 e. The van der Waals surface area contributed by atoms with E-state index in [1.807, 2.05) is 31.2 Å². The van der Waals surface area contributed by atoms with E-state index in [9.17, 15) is 5.11 Å². The van der Waals surface area contributed by atoms with E-state index in [0.717, 1.165) is 24.3 Å². The third kappa shape index (κ3) is 6.06. The molecule has 0 aliphatic carbocycles. The smallest absolute Gasteiger partial charge is 0.119 e. The Bertz CT molecular complexity index is 377. The van der Waals surface area contributed by atoms with Gasteiger partial charge in [0.15, 0.2) is 0 Å². The average molecular weight is 293 g/mol. The molecule has 0 saturated heterocycles. The number of aliphatic hydroxyl groups is 1. The molecule has 0 bridgehead atoms. The highest BCUT2D eigenvalue weighted by molar-refractivity contribution is 5.28. The molecule has 0 amide bonds. The van der Waals surface area contributed by atoms with Crippen LogP contribution in [0.2, 0.25) is 0 Å². The van der Waals surface area contributed by atoms with Gasteiger partial charge in [-0.2, -0.15) is 0 Å². The van der Waals surface area contributed by atoms with Crippen molar-refractivity contribution in [3.05, 3.63) is 29.8 Å². The minimum atomic E-state index is -0.438. The lowest BCUT2D eigenvalue weighted by Gasteiger charge is -2.30. The van der Waals surface area contributed by atoms with Gasteiger partial charge in [-0.25, -0.2) is 0 Å². The molecule has 0 spiro atoms. The van der Waals surface area contributed by atoms with Gasteiger partial charge in [-0.1, -0.05) is 32.4 Å². The number of aliphatic hydroxyl groups excluding tert-OH is 1. The maximum atomic E-state index is 10.5. The molecule has 1 N–H and O–H groups in total. The molecule has 0 aromatic heterocycles. The summed E-state index contributed by atoms with van der Waals surface area (Å²) in [7, 11) is 0. The van der Waals surface area contributed by atoms with Crippen LogP contribution in [0.3, 0.4) is 0 Å². The Morgan fingerprint density at radius 1 is 1.14 bits per heavy atom. The monoisotopic (exact) mass is 293 g/mol. The SMILES string of the molecule is CCCCN(CC(O)c1ccc(OCC)cc1)C(C)CC. The van der Waals surface area contributed by atoms with Crippen molar-refractivity contribution >= 4 is 0 Å². The Morgan fingerprint density at radius 2 is 1.81 bits per heavy atom. The molecule has 0 heterocycles. The van der Waals surface area contributed by atoms with Crippen LogP contribution in [-0.2, 0) is 0 Å². The Labute approximate surface area is 129 Å². The van der Waals surface area contributed by atoms with E-state index in [4.69, 9.17) is 4.74 Å². The van der Waals surface area contributed by atoms with Crippen LogP contribution in [0.1, 0.15) is 58.6 Å². The van der Waals surface area contributed by atoms with E-state index in [1.54, 1.807) is 0 Å². The Balaban J connectivity index is 2.64. The molecular formula is C18H31NO2. The summed E-state index contributed by atoms with van der Waals surface area (Å²) in [5.41, 5.74) is 0.961. The Hall–Kier alpha value is -1.06. The quantitative estimate of drug-likeness (QED) is 0.707. The number of hydrogen-bond donors (Lipinski definition) is 1. The molecule has 120 valence electrons. The van der Waals surface area contributed by atoms with Crippen molar-refractivity contribution in [2.45, 2.75) is 59.1 Å². The Morgan fingerprint density at radius 3 is 2.33 bits per heavy atom. The summed E-state index contributed by atoms with van der Waals surface area (Å²) in [5, 5.41) is 10.5. The van der Waals surface area contributed by atoms with Gasteiger partial charge < -0.3 is 9.84 Å². The molecule has 1 aromatic rings. The molecule has 2 atom stereocenters. The van der Waals surface area contributed by atoms with Crippen LogP contribution in [0, 0.1) is 0 Å². The zero-order valence-electron chi connectivity index (χ0n) is 14.0. The number of benzene rings is 1. The van der Waals surface area contributed by atoms with Gasteiger partial charge in [0, 0.05) is 12.6 Å². The van der Waals surface area contributed by atoms with Gasteiger partial charge in [-0.15, -0.1) is 0 Å². The molecule has 3 nitrogen and oxygen atoms in total. The first-order valence-electron chi connectivity index (χ1n) is 8.27. The van der Waals surface area contributed by atoms with Crippen LogP contribution in [0.4, 0.5) is 0 Å². The van der Waals surface area contributed by atoms with Crippen molar-refractivity contribution in [2.24, 2.45) is 0 Å². The maximum Gasteiger partial charge on any atom is 0.119 e. The van der Waals surface area contributed by atoms with Crippen molar-refractivity contribution < 1.29 is 9.84 Å². The molecule has 21 heavy (non-hydrogen) atoms. The van der Waals surface area contributed by atoms with E-state index in [-0.39, 0.29) is 0 Å². The van der Waals surface area contributed by atoms with E-state index in [2.05, 4.69) is 25.7 Å². The van der Waals surface area contributed by atoms with Gasteiger partial charge in [0.2, 0.25) is 0 Å². The average Bonchev–Trinajstić information content (AvgIpc) is 2.51. The molecule has 2 unspecified atom stereocenters. The normalized spacial score (nSPS) is 14.2. The van der Waals surface area contributed by atoms with Gasteiger partial charge in [0.1, 0.15) is 5.75 Å². The van der Waals surface area contributed by atoms with Crippen LogP contribution in [0.25, 0.3) is 0 Å². The second kappa shape index (κ2) is 9.80. The van der Waals surface area contributed by atoms with E-state index < -0.39 is 6.10 Å². The summed E-state index contributed by atoms with van der Waals surface area (Å²) < 4.78 is 5.44. The lowest BCUT2D eigenvalue weighted by molar-refractivity contribution is 0.0886. The molecule has 1 rings (SSSR count). The van der Waals surface area contributed by atoms with Gasteiger partial charge >= 0.3 is 0 Å². The van der Waals surface area contributed by atoms with Crippen molar-refractivity contribution in [1.82, 2.24) is 4.90 Å².